The van der Waals surface area contributed by atoms with E-state index < -0.39 is 12.1 Å². The zero-order valence-electron chi connectivity index (χ0n) is 5.09. The minimum absolute atomic E-state index is 0. The molecule has 0 spiro atoms. The fourth-order valence-electron chi connectivity index (χ4n) is 0.253. The summed E-state index contributed by atoms with van der Waals surface area (Å²) in [6, 6.07) is 0. The van der Waals surface area contributed by atoms with Gasteiger partial charge in [-0.25, -0.2) is 0 Å². The number of aliphatic hydroxyl groups excluding tert-OH is 1. The maximum Gasteiger partial charge on any atom is 0.305 e. The SMILES string of the molecule is CC(O)CC(=O)O.[Li]. The Morgan fingerprint density at radius 3 is 2.12 bits per heavy atom. The van der Waals surface area contributed by atoms with Crippen molar-refractivity contribution in [3.8, 4) is 0 Å². The van der Waals surface area contributed by atoms with Crippen LogP contribution in [0, 0.1) is 0 Å². The normalized spacial score (nSPS) is 11.8. The first kappa shape index (κ1) is 10.9. The van der Waals surface area contributed by atoms with Crippen LogP contribution < -0.4 is 0 Å². The summed E-state index contributed by atoms with van der Waals surface area (Å²) in [7, 11) is 0. The first-order valence-electron chi connectivity index (χ1n) is 2.03. The predicted octanol–water partition coefficient (Wildman–Crippen LogP) is -0.539. The number of carbonyl (C=O) groups is 1. The molecule has 1 radical (unpaired) electrons. The molecule has 8 heavy (non-hydrogen) atoms. The molecule has 43 valence electrons. The van der Waals surface area contributed by atoms with Gasteiger partial charge in [0.2, 0.25) is 0 Å². The third kappa shape index (κ3) is 9.39. The second-order valence-electron chi connectivity index (χ2n) is 1.45. The van der Waals surface area contributed by atoms with Gasteiger partial charge in [-0.2, -0.15) is 0 Å². The number of hydrogen-bond acceptors (Lipinski definition) is 2. The van der Waals surface area contributed by atoms with Crippen LogP contribution in [0.3, 0.4) is 0 Å². The zero-order chi connectivity index (χ0) is 5.86. The van der Waals surface area contributed by atoms with E-state index in [-0.39, 0.29) is 25.3 Å². The van der Waals surface area contributed by atoms with E-state index in [0.717, 1.165) is 0 Å². The van der Waals surface area contributed by atoms with E-state index >= 15 is 0 Å². The molecule has 1 atom stereocenters. The summed E-state index contributed by atoms with van der Waals surface area (Å²) in [6.45, 7) is 1.44. The van der Waals surface area contributed by atoms with Crippen LogP contribution >= 0.6 is 0 Å². The third-order valence-electron chi connectivity index (χ3n) is 0.470. The molecule has 0 aliphatic heterocycles. The van der Waals surface area contributed by atoms with Gasteiger partial charge in [-0.1, -0.05) is 0 Å². The summed E-state index contributed by atoms with van der Waals surface area (Å²) >= 11 is 0. The van der Waals surface area contributed by atoms with Crippen molar-refractivity contribution in [1.29, 1.82) is 0 Å². The average molecular weight is 111 g/mol. The molecule has 0 saturated heterocycles. The maximum absolute atomic E-state index is 9.65. The van der Waals surface area contributed by atoms with E-state index in [1.54, 1.807) is 0 Å². The molecule has 0 amide bonds. The van der Waals surface area contributed by atoms with Crippen LogP contribution in [0.25, 0.3) is 0 Å². The maximum atomic E-state index is 9.65. The van der Waals surface area contributed by atoms with Crippen LogP contribution in [0.1, 0.15) is 13.3 Å². The molecular weight excluding hydrogens is 103 g/mol. The van der Waals surface area contributed by atoms with Gasteiger partial charge in [0.05, 0.1) is 12.5 Å². The Balaban J connectivity index is 0. The topological polar surface area (TPSA) is 57.5 Å². The molecule has 1 unspecified atom stereocenters. The summed E-state index contributed by atoms with van der Waals surface area (Å²) in [5, 5.41) is 16.3. The molecule has 0 aromatic heterocycles. The first-order chi connectivity index (χ1) is 3.13. The van der Waals surface area contributed by atoms with Crippen molar-refractivity contribution in [1.82, 2.24) is 0 Å². The smallest absolute Gasteiger partial charge is 0.305 e. The number of carboxylic acids is 1. The number of carboxylic acid groups (broad SMARTS) is 1. The van der Waals surface area contributed by atoms with Gasteiger partial charge in [0.25, 0.3) is 0 Å². The van der Waals surface area contributed by atoms with E-state index in [1.807, 2.05) is 0 Å². The van der Waals surface area contributed by atoms with E-state index in [1.165, 1.54) is 6.92 Å². The minimum atomic E-state index is -0.963. The monoisotopic (exact) mass is 111 g/mol. The van der Waals surface area contributed by atoms with Gasteiger partial charge in [0, 0.05) is 18.9 Å². The molecule has 4 heteroatoms. The summed E-state index contributed by atoms with van der Waals surface area (Å²) in [5.41, 5.74) is 0. The van der Waals surface area contributed by atoms with Crippen molar-refractivity contribution in [3.05, 3.63) is 0 Å². The third-order valence-corrected chi connectivity index (χ3v) is 0.470. The quantitative estimate of drug-likeness (QED) is 0.470. The molecule has 0 aliphatic carbocycles. The molecule has 0 saturated carbocycles. The molecule has 3 nitrogen and oxygen atoms in total. The molecule has 0 aliphatic rings. The van der Waals surface area contributed by atoms with Crippen molar-refractivity contribution in [3.63, 3.8) is 0 Å². The van der Waals surface area contributed by atoms with Gasteiger partial charge < -0.3 is 10.2 Å². The summed E-state index contributed by atoms with van der Waals surface area (Å²) in [5.74, 6) is -0.963. The first-order valence-corrected chi connectivity index (χ1v) is 2.03. The van der Waals surface area contributed by atoms with Crippen molar-refractivity contribution < 1.29 is 15.0 Å². The number of aliphatic carboxylic acids is 1. The molecule has 0 aromatic rings. The van der Waals surface area contributed by atoms with E-state index in [9.17, 15) is 4.79 Å². The van der Waals surface area contributed by atoms with E-state index in [4.69, 9.17) is 10.2 Å². The summed E-state index contributed by atoms with van der Waals surface area (Å²) < 4.78 is 0. The van der Waals surface area contributed by atoms with Gasteiger partial charge in [-0.05, 0) is 6.92 Å². The van der Waals surface area contributed by atoms with Gasteiger partial charge in [0.1, 0.15) is 0 Å². The molecule has 0 rings (SSSR count). The Morgan fingerprint density at radius 2 is 2.12 bits per heavy atom. The Kier molecular flexibility index (Phi) is 7.05. The largest absolute Gasteiger partial charge is 0.481 e. The van der Waals surface area contributed by atoms with E-state index in [0.29, 0.717) is 0 Å². The van der Waals surface area contributed by atoms with Gasteiger partial charge in [0.15, 0.2) is 0 Å². The van der Waals surface area contributed by atoms with Crippen LogP contribution in [0.2, 0.25) is 0 Å². The Morgan fingerprint density at radius 1 is 1.75 bits per heavy atom. The standard InChI is InChI=1S/C4H8O3.Li/c1-3(5)2-4(6)7;/h3,5H,2H2,1H3,(H,6,7);. The van der Waals surface area contributed by atoms with Crippen LogP contribution in [0.4, 0.5) is 0 Å². The van der Waals surface area contributed by atoms with Gasteiger partial charge in [-0.3, -0.25) is 4.79 Å². The molecule has 0 aromatic carbocycles. The van der Waals surface area contributed by atoms with Crippen LogP contribution in [-0.4, -0.2) is 41.1 Å². The second kappa shape index (κ2) is 5.17. The number of aliphatic hydroxyl groups is 1. The molecule has 2 N–H and O–H groups in total. The molecular formula is C4H8LiO3. The summed E-state index contributed by atoms with van der Waals surface area (Å²) in [6.07, 6.45) is -0.891. The van der Waals surface area contributed by atoms with Crippen molar-refractivity contribution in [2.45, 2.75) is 19.4 Å². The number of hydrogen-bond donors (Lipinski definition) is 2. The van der Waals surface area contributed by atoms with Crippen LogP contribution in [-0.2, 0) is 4.79 Å². The zero-order valence-corrected chi connectivity index (χ0v) is 5.09. The van der Waals surface area contributed by atoms with E-state index in [2.05, 4.69) is 0 Å². The van der Waals surface area contributed by atoms with Crippen molar-refractivity contribution >= 4 is 24.8 Å². The average Bonchev–Trinajstić information content (AvgIpc) is 1.27. The fourth-order valence-corrected chi connectivity index (χ4v) is 0.253. The summed E-state index contributed by atoms with van der Waals surface area (Å²) in [4.78, 5) is 9.65. The Hall–Kier alpha value is 0.0274. The molecule has 0 heterocycles. The predicted molar refractivity (Wildman–Crippen MR) is 29.7 cm³/mol. The molecule has 0 fully saturated rings. The minimum Gasteiger partial charge on any atom is -0.481 e. The number of rotatable bonds is 2. The van der Waals surface area contributed by atoms with Gasteiger partial charge >= 0.3 is 5.97 Å². The Bertz CT molecular complexity index is 71.7. The van der Waals surface area contributed by atoms with Crippen molar-refractivity contribution in [2.75, 3.05) is 0 Å². The van der Waals surface area contributed by atoms with Crippen LogP contribution in [0.5, 0.6) is 0 Å². The molecule has 0 bridgehead atoms. The van der Waals surface area contributed by atoms with Crippen LogP contribution in [0.15, 0.2) is 0 Å². The second-order valence-corrected chi connectivity index (χ2v) is 1.45. The van der Waals surface area contributed by atoms with Gasteiger partial charge in [-0.15, -0.1) is 0 Å². The van der Waals surface area contributed by atoms with Crippen molar-refractivity contribution in [2.24, 2.45) is 0 Å². The fraction of sp³-hybridized carbons (Fsp3) is 0.750. The Labute approximate surface area is 59.9 Å².